The van der Waals surface area contributed by atoms with Gasteiger partial charge in [-0.3, -0.25) is 4.79 Å². The molecule has 0 aliphatic rings. The number of unbranched alkanes of at least 4 members (excludes halogenated alkanes) is 4. The number of hydrogen-bond acceptors (Lipinski definition) is 2. The molecular weight excluding hydrogens is 166 g/mol. The molecule has 0 aliphatic carbocycles. The van der Waals surface area contributed by atoms with Crippen molar-refractivity contribution in [3.05, 3.63) is 0 Å². The van der Waals surface area contributed by atoms with Crippen LogP contribution in [0, 0.1) is 0 Å². The summed E-state index contributed by atoms with van der Waals surface area (Å²) in [5.74, 6) is -0.770. The largest absolute Gasteiger partial charge is 0.480 e. The zero-order valence-corrected chi connectivity index (χ0v) is 8.68. The Bertz CT molecular complexity index is 137. The molecule has 78 valence electrons. The molecule has 0 saturated carbocycles. The van der Waals surface area contributed by atoms with Crippen molar-refractivity contribution in [1.29, 1.82) is 0 Å². The molecule has 3 heteroatoms. The van der Waals surface area contributed by atoms with E-state index in [1.807, 2.05) is 0 Å². The molecule has 0 aromatic carbocycles. The lowest BCUT2D eigenvalue weighted by molar-refractivity contribution is -0.138. The number of rotatable bonds is 8. The highest BCUT2D eigenvalue weighted by molar-refractivity contribution is 5.72. The Morgan fingerprint density at radius 1 is 1.31 bits per heavy atom. The van der Waals surface area contributed by atoms with Crippen LogP contribution in [0.1, 0.15) is 46.0 Å². The Morgan fingerprint density at radius 3 is 2.46 bits per heavy atom. The summed E-state index contributed by atoms with van der Waals surface area (Å²) in [4.78, 5) is 10.4. The summed E-state index contributed by atoms with van der Waals surface area (Å²) in [6, 6.07) is -0.411. The van der Waals surface area contributed by atoms with E-state index in [1.54, 1.807) is 6.92 Å². The summed E-state index contributed by atoms with van der Waals surface area (Å²) in [5.41, 5.74) is 0. The van der Waals surface area contributed by atoms with E-state index in [-0.39, 0.29) is 0 Å². The Hall–Kier alpha value is -0.570. The first-order chi connectivity index (χ1) is 6.18. The normalized spacial score (nSPS) is 12.8. The van der Waals surface area contributed by atoms with E-state index < -0.39 is 12.0 Å². The Labute approximate surface area is 80.5 Å². The molecule has 13 heavy (non-hydrogen) atoms. The van der Waals surface area contributed by atoms with Crippen LogP contribution >= 0.6 is 0 Å². The van der Waals surface area contributed by atoms with Crippen molar-refractivity contribution in [3.8, 4) is 0 Å². The van der Waals surface area contributed by atoms with Gasteiger partial charge in [0.15, 0.2) is 0 Å². The lowest BCUT2D eigenvalue weighted by Crippen LogP contribution is -2.34. The van der Waals surface area contributed by atoms with Crippen LogP contribution in [0.25, 0.3) is 0 Å². The van der Waals surface area contributed by atoms with E-state index in [1.165, 1.54) is 25.7 Å². The summed E-state index contributed by atoms with van der Waals surface area (Å²) in [6.07, 6.45) is 6.08. The van der Waals surface area contributed by atoms with Gasteiger partial charge >= 0.3 is 5.97 Å². The third-order valence-electron chi connectivity index (χ3n) is 2.10. The maximum atomic E-state index is 10.4. The SMILES string of the molecule is CCCCCCCNC(C)C(=O)O. The smallest absolute Gasteiger partial charge is 0.320 e. The monoisotopic (exact) mass is 187 g/mol. The summed E-state index contributed by atoms with van der Waals surface area (Å²) in [6.45, 7) is 4.68. The molecule has 0 aromatic heterocycles. The average molecular weight is 187 g/mol. The lowest BCUT2D eigenvalue weighted by atomic mass is 10.1. The van der Waals surface area contributed by atoms with Crippen LogP contribution in [0.3, 0.4) is 0 Å². The number of hydrogen-bond donors (Lipinski definition) is 2. The highest BCUT2D eigenvalue weighted by atomic mass is 16.4. The predicted molar refractivity (Wildman–Crippen MR) is 53.9 cm³/mol. The minimum absolute atomic E-state index is 0.411. The zero-order valence-electron chi connectivity index (χ0n) is 8.68. The van der Waals surface area contributed by atoms with E-state index in [4.69, 9.17) is 5.11 Å². The molecule has 0 radical (unpaired) electrons. The highest BCUT2D eigenvalue weighted by Crippen LogP contribution is 2.01. The van der Waals surface area contributed by atoms with Gasteiger partial charge in [-0.05, 0) is 19.9 Å². The maximum absolute atomic E-state index is 10.4. The first-order valence-electron chi connectivity index (χ1n) is 5.14. The van der Waals surface area contributed by atoms with Crippen molar-refractivity contribution in [3.63, 3.8) is 0 Å². The molecule has 2 N–H and O–H groups in total. The Morgan fingerprint density at radius 2 is 1.92 bits per heavy atom. The third kappa shape index (κ3) is 7.78. The molecular formula is C10H21NO2. The first kappa shape index (κ1) is 12.4. The van der Waals surface area contributed by atoms with Crippen molar-refractivity contribution >= 4 is 5.97 Å². The van der Waals surface area contributed by atoms with E-state index in [2.05, 4.69) is 12.2 Å². The zero-order chi connectivity index (χ0) is 10.1. The van der Waals surface area contributed by atoms with Crippen molar-refractivity contribution in [2.75, 3.05) is 6.54 Å². The lowest BCUT2D eigenvalue weighted by Gasteiger charge is -2.08. The van der Waals surface area contributed by atoms with Gasteiger partial charge in [-0.15, -0.1) is 0 Å². The van der Waals surface area contributed by atoms with Gasteiger partial charge in [0.25, 0.3) is 0 Å². The van der Waals surface area contributed by atoms with Gasteiger partial charge < -0.3 is 10.4 Å². The first-order valence-corrected chi connectivity index (χ1v) is 5.14. The van der Waals surface area contributed by atoms with E-state index in [0.717, 1.165) is 13.0 Å². The molecule has 1 atom stereocenters. The van der Waals surface area contributed by atoms with E-state index in [9.17, 15) is 4.79 Å². The fraction of sp³-hybridized carbons (Fsp3) is 0.900. The Kier molecular flexibility index (Phi) is 7.69. The third-order valence-corrected chi connectivity index (χ3v) is 2.10. The summed E-state index contributed by atoms with van der Waals surface area (Å²) in [7, 11) is 0. The molecule has 0 aliphatic heterocycles. The average Bonchev–Trinajstić information content (AvgIpc) is 2.10. The molecule has 0 bridgehead atoms. The van der Waals surface area contributed by atoms with Crippen LogP contribution in [0.15, 0.2) is 0 Å². The molecule has 0 amide bonds. The molecule has 1 unspecified atom stereocenters. The number of aliphatic carboxylic acids is 1. The fourth-order valence-corrected chi connectivity index (χ4v) is 1.13. The van der Waals surface area contributed by atoms with Crippen molar-refractivity contribution in [2.24, 2.45) is 0 Å². The number of carboxylic acid groups (broad SMARTS) is 1. The van der Waals surface area contributed by atoms with Gasteiger partial charge in [-0.25, -0.2) is 0 Å². The summed E-state index contributed by atoms with van der Waals surface area (Å²) >= 11 is 0. The number of nitrogens with one attached hydrogen (secondary N) is 1. The van der Waals surface area contributed by atoms with Gasteiger partial charge in [0.05, 0.1) is 0 Å². The van der Waals surface area contributed by atoms with Crippen LogP contribution in [-0.2, 0) is 4.79 Å². The van der Waals surface area contributed by atoms with Gasteiger partial charge in [-0.2, -0.15) is 0 Å². The van der Waals surface area contributed by atoms with Crippen LogP contribution in [0.2, 0.25) is 0 Å². The van der Waals surface area contributed by atoms with Crippen LogP contribution in [0.4, 0.5) is 0 Å². The second-order valence-corrected chi connectivity index (χ2v) is 3.43. The molecule has 0 heterocycles. The van der Waals surface area contributed by atoms with Gasteiger partial charge in [-0.1, -0.05) is 32.6 Å². The van der Waals surface area contributed by atoms with Gasteiger partial charge in [0.1, 0.15) is 6.04 Å². The summed E-state index contributed by atoms with van der Waals surface area (Å²) < 4.78 is 0. The maximum Gasteiger partial charge on any atom is 0.320 e. The van der Waals surface area contributed by atoms with Crippen molar-refractivity contribution in [2.45, 2.75) is 52.0 Å². The van der Waals surface area contributed by atoms with E-state index >= 15 is 0 Å². The Balaban J connectivity index is 3.11. The van der Waals surface area contributed by atoms with Crippen molar-refractivity contribution in [1.82, 2.24) is 5.32 Å². The molecule has 0 rings (SSSR count). The molecule has 0 aromatic rings. The van der Waals surface area contributed by atoms with E-state index in [0.29, 0.717) is 0 Å². The standard InChI is InChI=1S/C10H21NO2/c1-3-4-5-6-7-8-11-9(2)10(12)13/h9,11H,3-8H2,1-2H3,(H,12,13). The quantitative estimate of drug-likeness (QED) is 0.571. The molecule has 0 spiro atoms. The van der Waals surface area contributed by atoms with Gasteiger partial charge in [0.2, 0.25) is 0 Å². The van der Waals surface area contributed by atoms with Crippen LogP contribution in [0.5, 0.6) is 0 Å². The van der Waals surface area contributed by atoms with Gasteiger partial charge in [0, 0.05) is 0 Å². The molecule has 3 nitrogen and oxygen atoms in total. The second-order valence-electron chi connectivity index (χ2n) is 3.43. The van der Waals surface area contributed by atoms with Crippen LogP contribution < -0.4 is 5.32 Å². The second kappa shape index (κ2) is 8.05. The minimum atomic E-state index is -0.770. The molecule has 0 fully saturated rings. The topological polar surface area (TPSA) is 49.3 Å². The highest BCUT2D eigenvalue weighted by Gasteiger charge is 2.07. The van der Waals surface area contributed by atoms with Crippen molar-refractivity contribution < 1.29 is 9.90 Å². The fourth-order valence-electron chi connectivity index (χ4n) is 1.13. The predicted octanol–water partition coefficient (Wildman–Crippen LogP) is 2.02. The van der Waals surface area contributed by atoms with Crippen LogP contribution in [-0.4, -0.2) is 23.7 Å². The number of carbonyl (C=O) groups is 1. The number of carboxylic acids is 1. The summed E-state index contributed by atoms with van der Waals surface area (Å²) in [5, 5.41) is 11.5. The molecule has 0 saturated heterocycles. The minimum Gasteiger partial charge on any atom is -0.480 e.